The van der Waals surface area contributed by atoms with E-state index >= 15 is 0 Å². The summed E-state index contributed by atoms with van der Waals surface area (Å²) in [6, 6.07) is 23.0. The predicted molar refractivity (Wildman–Crippen MR) is 175 cm³/mol. The lowest BCUT2D eigenvalue weighted by Gasteiger charge is -2.17. The lowest BCUT2D eigenvalue weighted by atomic mass is 10.1. The lowest BCUT2D eigenvalue weighted by Crippen LogP contribution is -2.39. The first kappa shape index (κ1) is 39.4. The summed E-state index contributed by atoms with van der Waals surface area (Å²) in [5.41, 5.74) is 14.3. The zero-order valence-corrected chi connectivity index (χ0v) is 26.7. The first-order valence-corrected chi connectivity index (χ1v) is 14.6. The number of nitrogens with two attached hydrogens (primary N) is 2. The summed E-state index contributed by atoms with van der Waals surface area (Å²) in [6.07, 6.45) is -11.5. The summed E-state index contributed by atoms with van der Waals surface area (Å²) in [5.74, 6) is -7.32. The van der Waals surface area contributed by atoms with Crippen molar-refractivity contribution in [3.8, 4) is 11.3 Å². The Morgan fingerprint density at radius 3 is 1.86 bits per heavy atom. The number of hydrogen-bond acceptors (Lipinski definition) is 8. The van der Waals surface area contributed by atoms with Crippen molar-refractivity contribution in [2.45, 2.75) is 32.0 Å². The number of anilines is 1. The van der Waals surface area contributed by atoms with E-state index in [0.29, 0.717) is 22.4 Å². The van der Waals surface area contributed by atoms with Crippen molar-refractivity contribution in [2.24, 2.45) is 11.5 Å². The topological polar surface area (TPSA) is 210 Å². The van der Waals surface area contributed by atoms with Gasteiger partial charge in [-0.05, 0) is 17.2 Å². The lowest BCUT2D eigenvalue weighted by molar-refractivity contribution is -0.193. The van der Waals surface area contributed by atoms with Crippen LogP contribution in [-0.2, 0) is 34.0 Å². The molecular formula is C32H27ClF6N8O4. The molecule has 12 nitrogen and oxygen atoms in total. The highest BCUT2D eigenvalue weighted by Gasteiger charge is 2.54. The van der Waals surface area contributed by atoms with E-state index in [9.17, 15) is 45.5 Å². The number of alkyl halides is 6. The molecule has 0 atom stereocenters. The Hall–Kier alpha value is -6.04. The highest BCUT2D eigenvalue weighted by Crippen LogP contribution is 2.27. The number of ketones is 2. The summed E-state index contributed by atoms with van der Waals surface area (Å²) in [6.45, 7) is 0.168. The van der Waals surface area contributed by atoms with Gasteiger partial charge in [-0.1, -0.05) is 84.4 Å². The number of carbonyl (C=O) groups is 3. The third kappa shape index (κ3) is 11.0. The van der Waals surface area contributed by atoms with Gasteiger partial charge in [0.25, 0.3) is 5.56 Å². The molecule has 0 radical (unpaired) electrons. The van der Waals surface area contributed by atoms with E-state index < -0.39 is 35.4 Å². The molecule has 19 heteroatoms. The fourth-order valence-corrected chi connectivity index (χ4v) is 4.47. The number of nitrogens with one attached hydrogen (secondary N) is 4. The van der Waals surface area contributed by atoms with Gasteiger partial charge in [-0.25, -0.2) is 4.98 Å². The first-order valence-electron chi connectivity index (χ1n) is 14.2. The molecule has 1 aromatic heterocycles. The maximum Gasteiger partial charge on any atom is 0.458 e. The molecule has 0 spiro atoms. The molecule has 0 aliphatic rings. The summed E-state index contributed by atoms with van der Waals surface area (Å²) in [5, 5.41) is 21.0. The molecule has 4 rings (SSSR count). The smallest absolute Gasteiger partial charge is 0.384 e. The molecule has 8 N–H and O–H groups in total. The Labute approximate surface area is 289 Å². The fourth-order valence-electron chi connectivity index (χ4n) is 4.17. The number of nitrogen functional groups attached to an aromatic ring is 2. The number of rotatable bonds is 11. The Morgan fingerprint density at radius 2 is 1.33 bits per heavy atom. The third-order valence-corrected chi connectivity index (χ3v) is 6.91. The predicted octanol–water partition coefficient (Wildman–Crippen LogP) is 4.31. The van der Waals surface area contributed by atoms with Crippen molar-refractivity contribution in [2.75, 3.05) is 5.32 Å². The molecule has 268 valence electrons. The van der Waals surface area contributed by atoms with Crippen LogP contribution in [0.1, 0.15) is 22.3 Å². The highest BCUT2D eigenvalue weighted by molar-refractivity contribution is 6.41. The number of halogens is 7. The van der Waals surface area contributed by atoms with E-state index in [0.717, 1.165) is 11.1 Å². The van der Waals surface area contributed by atoms with Gasteiger partial charge in [0.2, 0.25) is 5.91 Å². The van der Waals surface area contributed by atoms with Crippen LogP contribution in [0.15, 0.2) is 83.7 Å². The molecule has 51 heavy (non-hydrogen) atoms. The van der Waals surface area contributed by atoms with E-state index in [4.69, 9.17) is 33.9 Å². The van der Waals surface area contributed by atoms with E-state index in [-0.39, 0.29) is 42.3 Å². The molecule has 0 aliphatic heterocycles. The second kappa shape index (κ2) is 16.6. The second-order valence-electron chi connectivity index (χ2n) is 10.4. The van der Waals surface area contributed by atoms with Gasteiger partial charge in [0.05, 0.1) is 5.69 Å². The molecule has 0 fully saturated rings. The summed E-state index contributed by atoms with van der Waals surface area (Å²) in [4.78, 5) is 50.0. The van der Waals surface area contributed by atoms with Crippen LogP contribution in [0.3, 0.4) is 0 Å². The molecule has 0 saturated carbocycles. The van der Waals surface area contributed by atoms with E-state index in [2.05, 4.69) is 15.6 Å². The molecule has 1 heterocycles. The number of carbonyl (C=O) groups excluding carboxylic acids is 3. The summed E-state index contributed by atoms with van der Waals surface area (Å²) < 4.78 is 68.3. The first-order chi connectivity index (χ1) is 23.8. The minimum Gasteiger partial charge on any atom is -0.384 e. The van der Waals surface area contributed by atoms with Gasteiger partial charge in [-0.2, -0.15) is 26.3 Å². The van der Waals surface area contributed by atoms with Gasteiger partial charge in [0.1, 0.15) is 18.2 Å². The van der Waals surface area contributed by atoms with Crippen molar-refractivity contribution < 1.29 is 40.7 Å². The maximum absolute atomic E-state index is 13.5. The Bertz CT molecular complexity index is 1980. The Morgan fingerprint density at radius 1 is 0.765 bits per heavy atom. The standard InChI is InChI=1S/C28H27ClN8O2.C4F6O2/c29-24-23(19-6-2-1-3-7-19)37(16-22(38)34-14-17-9-11-20(12-10-17)25(30)31)28(39)27(36-24)35-15-18-5-4-8-21(13-18)26(32)33;5-3(6,7)1(11)2(12)4(8,9)10/h1-13H,14-16H2,(H3,30,31)(H3,32,33)(H,34,38)(H,35,36);. The van der Waals surface area contributed by atoms with Crippen molar-refractivity contribution in [3.63, 3.8) is 0 Å². The van der Waals surface area contributed by atoms with Gasteiger partial charge < -0.3 is 22.1 Å². The molecule has 4 aromatic rings. The van der Waals surface area contributed by atoms with Crippen LogP contribution in [0.2, 0.25) is 5.15 Å². The van der Waals surface area contributed by atoms with Gasteiger partial charge in [-0.15, -0.1) is 0 Å². The number of amides is 1. The van der Waals surface area contributed by atoms with Crippen molar-refractivity contribution in [1.29, 1.82) is 10.8 Å². The van der Waals surface area contributed by atoms with Gasteiger partial charge in [-0.3, -0.25) is 34.6 Å². The number of benzene rings is 3. The molecule has 0 bridgehead atoms. The van der Waals surface area contributed by atoms with Crippen LogP contribution in [-0.4, -0.2) is 51.0 Å². The minimum absolute atomic E-state index is 0.0134. The molecular weight excluding hydrogens is 710 g/mol. The second-order valence-corrected chi connectivity index (χ2v) is 10.7. The van der Waals surface area contributed by atoms with Crippen LogP contribution >= 0.6 is 11.6 Å². The summed E-state index contributed by atoms with van der Waals surface area (Å²) >= 11 is 6.57. The molecule has 3 aromatic carbocycles. The minimum atomic E-state index is -5.77. The van der Waals surface area contributed by atoms with Gasteiger partial charge >= 0.3 is 23.9 Å². The zero-order valence-electron chi connectivity index (χ0n) is 26.0. The quantitative estimate of drug-likeness (QED) is 0.0564. The number of nitrogens with zero attached hydrogens (tertiary/aromatic N) is 2. The monoisotopic (exact) mass is 736 g/mol. The number of Topliss-reactive ketones (excluding diaryl/α,β-unsaturated/α-hetero) is 2. The van der Waals surface area contributed by atoms with Crippen LogP contribution in [0.4, 0.5) is 32.2 Å². The Kier molecular flexibility index (Phi) is 12.8. The van der Waals surface area contributed by atoms with Crippen LogP contribution in [0.5, 0.6) is 0 Å². The number of hydrogen-bond donors (Lipinski definition) is 6. The average Bonchev–Trinajstić information content (AvgIpc) is 3.07. The average molecular weight is 737 g/mol. The van der Waals surface area contributed by atoms with Gasteiger partial charge in [0.15, 0.2) is 11.0 Å². The van der Waals surface area contributed by atoms with Crippen molar-refractivity contribution >= 4 is 46.6 Å². The normalized spacial score (nSPS) is 11.1. The Balaban J connectivity index is 0.000000501. The molecule has 0 unspecified atom stereocenters. The number of aromatic nitrogens is 2. The number of amidine groups is 2. The largest absolute Gasteiger partial charge is 0.458 e. The third-order valence-electron chi connectivity index (χ3n) is 6.65. The SMILES string of the molecule is N=C(N)c1ccc(CNC(=O)Cn2c(-c3ccccc3)c(Cl)nc(NCc3cccc(C(=N)N)c3)c2=O)cc1.O=C(C(=O)C(F)(F)F)C(F)(F)F. The van der Waals surface area contributed by atoms with Crippen LogP contribution in [0, 0.1) is 10.8 Å². The van der Waals surface area contributed by atoms with Crippen molar-refractivity contribution in [3.05, 3.63) is 117 Å². The van der Waals surface area contributed by atoms with Crippen LogP contribution in [0.25, 0.3) is 11.3 Å². The highest BCUT2D eigenvalue weighted by atomic mass is 35.5. The van der Waals surface area contributed by atoms with Gasteiger partial charge in [0, 0.05) is 29.8 Å². The maximum atomic E-state index is 13.5. The van der Waals surface area contributed by atoms with Crippen LogP contribution < -0.4 is 27.7 Å². The van der Waals surface area contributed by atoms with E-state index in [1.165, 1.54) is 4.57 Å². The molecule has 0 saturated heterocycles. The fraction of sp³-hybridized carbons (Fsp3) is 0.156. The summed E-state index contributed by atoms with van der Waals surface area (Å²) in [7, 11) is 0. The molecule has 1 amide bonds. The molecule has 0 aliphatic carbocycles. The van der Waals surface area contributed by atoms with E-state index in [1.54, 1.807) is 66.7 Å². The van der Waals surface area contributed by atoms with Crippen molar-refractivity contribution in [1.82, 2.24) is 14.9 Å². The van der Waals surface area contributed by atoms with E-state index in [1.807, 2.05) is 12.1 Å². The zero-order chi connectivity index (χ0) is 38.1.